The highest BCUT2D eigenvalue weighted by Crippen LogP contribution is 2.57. The molecule has 1 amide bonds. The summed E-state index contributed by atoms with van der Waals surface area (Å²) in [5, 5.41) is 8.98. The molecule has 1 aliphatic carbocycles. The van der Waals surface area contributed by atoms with E-state index in [0.29, 0.717) is 29.2 Å². The fourth-order valence-corrected chi connectivity index (χ4v) is 4.36. The lowest BCUT2D eigenvalue weighted by Gasteiger charge is -2.19. The Labute approximate surface area is 184 Å². The zero-order valence-electron chi connectivity index (χ0n) is 17.5. The second-order valence-electron chi connectivity index (χ2n) is 8.40. The highest BCUT2D eigenvalue weighted by atomic mass is 19.1. The molecule has 3 aromatic rings. The first-order valence-corrected chi connectivity index (χ1v) is 10.3. The number of likely N-dealkylation sites (N-methyl/N-ethyl adjacent to an activating group) is 1. The third-order valence-corrected chi connectivity index (χ3v) is 6.20. The van der Waals surface area contributed by atoms with Crippen LogP contribution in [-0.4, -0.2) is 52.0 Å². The van der Waals surface area contributed by atoms with Gasteiger partial charge in [-0.3, -0.25) is 9.59 Å². The van der Waals surface area contributed by atoms with E-state index < -0.39 is 5.97 Å². The van der Waals surface area contributed by atoms with Gasteiger partial charge in [-0.25, -0.2) is 14.4 Å². The van der Waals surface area contributed by atoms with Crippen molar-refractivity contribution >= 4 is 23.5 Å². The quantitative estimate of drug-likeness (QED) is 0.663. The molecule has 2 heterocycles. The van der Waals surface area contributed by atoms with Gasteiger partial charge in [0, 0.05) is 53.8 Å². The number of aliphatic carboxylic acids is 1. The lowest BCUT2D eigenvalue weighted by molar-refractivity contribution is -0.137. The van der Waals surface area contributed by atoms with Crippen molar-refractivity contribution in [1.82, 2.24) is 14.9 Å². The van der Waals surface area contributed by atoms with Crippen LogP contribution < -0.4 is 4.90 Å². The molecule has 0 atom stereocenters. The number of amides is 1. The Morgan fingerprint density at radius 3 is 2.53 bits per heavy atom. The number of aromatic nitrogens is 2. The van der Waals surface area contributed by atoms with Gasteiger partial charge in [0.15, 0.2) is 0 Å². The van der Waals surface area contributed by atoms with Gasteiger partial charge in [-0.1, -0.05) is 24.3 Å². The maximum Gasteiger partial charge on any atom is 0.323 e. The van der Waals surface area contributed by atoms with Crippen LogP contribution in [0.15, 0.2) is 54.9 Å². The zero-order chi connectivity index (χ0) is 22.5. The fourth-order valence-electron chi connectivity index (χ4n) is 4.36. The van der Waals surface area contributed by atoms with E-state index in [1.165, 1.54) is 18.0 Å². The number of fused-ring (bicyclic) bond motifs is 2. The Kier molecular flexibility index (Phi) is 4.65. The molecule has 0 saturated heterocycles. The number of hydrogen-bond acceptors (Lipinski definition) is 5. The van der Waals surface area contributed by atoms with Crippen LogP contribution in [0.25, 0.3) is 11.1 Å². The number of anilines is 2. The lowest BCUT2D eigenvalue weighted by Crippen LogP contribution is -2.32. The molecule has 1 spiro atoms. The Balaban J connectivity index is 1.48. The van der Waals surface area contributed by atoms with Crippen molar-refractivity contribution in [3.05, 3.63) is 71.8 Å². The number of hydrogen-bond donors (Lipinski definition) is 1. The van der Waals surface area contributed by atoms with E-state index in [2.05, 4.69) is 9.97 Å². The van der Waals surface area contributed by atoms with Crippen molar-refractivity contribution in [2.45, 2.75) is 18.3 Å². The minimum Gasteiger partial charge on any atom is -0.480 e. The molecule has 0 bridgehead atoms. The molecular formula is C24H21FN4O3. The molecule has 2 aromatic carbocycles. The van der Waals surface area contributed by atoms with Gasteiger partial charge in [0.25, 0.3) is 5.91 Å². The summed E-state index contributed by atoms with van der Waals surface area (Å²) in [6, 6.07) is 12.0. The second-order valence-corrected chi connectivity index (χ2v) is 8.40. The van der Waals surface area contributed by atoms with Crippen molar-refractivity contribution in [1.29, 1.82) is 0 Å². The molecule has 7 nitrogen and oxygen atoms in total. The van der Waals surface area contributed by atoms with Gasteiger partial charge >= 0.3 is 5.97 Å². The molecule has 5 rings (SSSR count). The maximum atomic E-state index is 14.1. The standard InChI is InChI=1S/C24H21FN4O3/c1-28(13-21(30)31)22(32)15-6-7-18-20(10-15)29(14-24(18)8-9-24)23-26-11-16(12-27-23)17-4-2-3-5-19(17)25/h2-7,10-12H,8-9,13-14H2,1H3,(H,30,31). The number of nitrogens with zero attached hydrogens (tertiary/aromatic N) is 4. The first-order chi connectivity index (χ1) is 15.4. The topological polar surface area (TPSA) is 86.6 Å². The predicted molar refractivity (Wildman–Crippen MR) is 116 cm³/mol. The summed E-state index contributed by atoms with van der Waals surface area (Å²) in [5.41, 5.74) is 3.49. The Morgan fingerprint density at radius 1 is 1.16 bits per heavy atom. The van der Waals surface area contributed by atoms with Crippen LogP contribution in [0.2, 0.25) is 0 Å². The second kappa shape index (κ2) is 7.40. The van der Waals surface area contributed by atoms with Crippen LogP contribution in [0.4, 0.5) is 16.0 Å². The first kappa shape index (κ1) is 20.1. The summed E-state index contributed by atoms with van der Waals surface area (Å²) in [4.78, 5) is 35.8. The molecule has 1 fully saturated rings. The van der Waals surface area contributed by atoms with Crippen molar-refractivity contribution in [3.63, 3.8) is 0 Å². The van der Waals surface area contributed by atoms with Crippen LogP contribution >= 0.6 is 0 Å². The summed E-state index contributed by atoms with van der Waals surface area (Å²) >= 11 is 0. The summed E-state index contributed by atoms with van der Waals surface area (Å²) in [6.45, 7) is 0.341. The van der Waals surface area contributed by atoms with Crippen molar-refractivity contribution in [3.8, 4) is 11.1 Å². The van der Waals surface area contributed by atoms with Crippen LogP contribution in [-0.2, 0) is 10.2 Å². The summed E-state index contributed by atoms with van der Waals surface area (Å²) in [6.07, 6.45) is 5.31. The van der Waals surface area contributed by atoms with Gasteiger partial charge < -0.3 is 14.9 Å². The molecule has 162 valence electrons. The molecule has 1 N–H and O–H groups in total. The molecule has 1 aliphatic heterocycles. The Hall–Kier alpha value is -3.81. The number of carbonyl (C=O) groups excluding carboxylic acids is 1. The predicted octanol–water partition coefficient (Wildman–Crippen LogP) is 3.62. The maximum absolute atomic E-state index is 14.1. The molecule has 1 aromatic heterocycles. The number of rotatable bonds is 5. The number of halogens is 1. The fraction of sp³-hybridized carbons (Fsp3) is 0.250. The minimum absolute atomic E-state index is 0.0391. The van der Waals surface area contributed by atoms with Gasteiger partial charge in [-0.05, 0) is 36.6 Å². The molecule has 1 saturated carbocycles. The normalized spacial score (nSPS) is 15.5. The van der Waals surface area contributed by atoms with E-state index in [9.17, 15) is 14.0 Å². The average Bonchev–Trinajstić information content (AvgIpc) is 3.50. The number of carboxylic acid groups (broad SMARTS) is 1. The van der Waals surface area contributed by atoms with Crippen molar-refractivity contribution < 1.29 is 19.1 Å². The lowest BCUT2D eigenvalue weighted by atomic mass is 9.97. The summed E-state index contributed by atoms with van der Waals surface area (Å²) in [5.74, 6) is -1.27. The van der Waals surface area contributed by atoms with Crippen molar-refractivity contribution in [2.75, 3.05) is 25.0 Å². The van der Waals surface area contributed by atoms with Crippen LogP contribution in [0.3, 0.4) is 0 Å². The Morgan fingerprint density at radius 2 is 1.88 bits per heavy atom. The molecule has 8 heteroatoms. The number of carboxylic acids is 1. The monoisotopic (exact) mass is 432 g/mol. The van der Waals surface area contributed by atoms with Gasteiger partial charge in [0.05, 0.1) is 0 Å². The van der Waals surface area contributed by atoms with Gasteiger partial charge in [0.2, 0.25) is 5.95 Å². The van der Waals surface area contributed by atoms with E-state index in [1.54, 1.807) is 42.7 Å². The molecule has 0 radical (unpaired) electrons. The highest BCUT2D eigenvalue weighted by molar-refractivity contribution is 5.97. The van der Waals surface area contributed by atoms with Crippen LogP contribution in [0.5, 0.6) is 0 Å². The van der Waals surface area contributed by atoms with Crippen molar-refractivity contribution in [2.24, 2.45) is 0 Å². The van der Waals surface area contributed by atoms with E-state index in [0.717, 1.165) is 24.1 Å². The largest absolute Gasteiger partial charge is 0.480 e. The Bertz CT molecular complexity index is 1220. The summed E-state index contributed by atoms with van der Waals surface area (Å²) < 4.78 is 14.1. The smallest absolute Gasteiger partial charge is 0.323 e. The van der Waals surface area contributed by atoms with Gasteiger partial charge in [0.1, 0.15) is 12.4 Å². The molecule has 32 heavy (non-hydrogen) atoms. The first-order valence-electron chi connectivity index (χ1n) is 10.3. The molecular weight excluding hydrogens is 411 g/mol. The average molecular weight is 432 g/mol. The molecule has 2 aliphatic rings. The summed E-state index contributed by atoms with van der Waals surface area (Å²) in [7, 11) is 1.47. The van der Waals surface area contributed by atoms with E-state index >= 15 is 0 Å². The third kappa shape index (κ3) is 3.37. The van der Waals surface area contributed by atoms with Crippen LogP contribution in [0.1, 0.15) is 28.8 Å². The van der Waals surface area contributed by atoms with Crippen LogP contribution in [0, 0.1) is 5.82 Å². The van der Waals surface area contributed by atoms with E-state index in [4.69, 9.17) is 5.11 Å². The number of carbonyl (C=O) groups is 2. The van der Waals surface area contributed by atoms with Gasteiger partial charge in [-0.2, -0.15) is 0 Å². The van der Waals surface area contributed by atoms with Gasteiger partial charge in [-0.15, -0.1) is 0 Å². The number of benzene rings is 2. The highest BCUT2D eigenvalue weighted by Gasteiger charge is 2.52. The third-order valence-electron chi connectivity index (χ3n) is 6.20. The van der Waals surface area contributed by atoms with E-state index in [-0.39, 0.29) is 23.7 Å². The SMILES string of the molecule is CN(CC(=O)O)C(=O)c1ccc2c(c1)N(c1ncc(-c3ccccc3F)cn1)CC21CC1. The minimum atomic E-state index is -1.07. The van der Waals surface area contributed by atoms with E-state index in [1.807, 2.05) is 11.0 Å². The zero-order valence-corrected chi connectivity index (χ0v) is 17.5. The molecule has 0 unspecified atom stereocenters.